The summed E-state index contributed by atoms with van der Waals surface area (Å²) in [7, 11) is 2.06. The van der Waals surface area contributed by atoms with Crippen LogP contribution in [0.4, 0.5) is 0 Å². The van der Waals surface area contributed by atoms with Gasteiger partial charge in [-0.25, -0.2) is 0 Å². The second-order valence-electron chi connectivity index (χ2n) is 8.73. The van der Waals surface area contributed by atoms with Gasteiger partial charge < -0.3 is 14.2 Å². The standard InChI is InChI=1S/C27H32N2O3/c1-3-32-27(31)21-12-9-15-29(18-21)26(30)17-22(16-20-10-5-4-6-11-20)24-19-28(2)25-14-8-7-13-23(24)25/h4-8,10-11,13-14,19,21-22H,3,9,12,15-18H2,1-2H3. The highest BCUT2D eigenvalue weighted by Gasteiger charge is 2.31. The number of hydrogen-bond donors (Lipinski definition) is 0. The number of para-hydroxylation sites is 1. The van der Waals surface area contributed by atoms with E-state index in [1.807, 2.05) is 36.1 Å². The number of likely N-dealkylation sites (tertiary alicyclic amines) is 1. The third-order valence-electron chi connectivity index (χ3n) is 6.51. The van der Waals surface area contributed by atoms with E-state index in [1.165, 1.54) is 22.0 Å². The molecule has 1 aliphatic rings. The Morgan fingerprint density at radius 1 is 1.09 bits per heavy atom. The largest absolute Gasteiger partial charge is 0.466 e. The van der Waals surface area contributed by atoms with Crippen LogP contribution in [0.3, 0.4) is 0 Å². The Balaban J connectivity index is 1.58. The predicted molar refractivity (Wildman–Crippen MR) is 126 cm³/mol. The van der Waals surface area contributed by atoms with Gasteiger partial charge in [0.25, 0.3) is 0 Å². The SMILES string of the molecule is CCOC(=O)C1CCCN(C(=O)CC(Cc2ccccc2)c2cn(C)c3ccccc23)C1. The molecule has 1 aliphatic heterocycles. The summed E-state index contributed by atoms with van der Waals surface area (Å²) in [6.45, 7) is 3.37. The van der Waals surface area contributed by atoms with Crippen LogP contribution < -0.4 is 0 Å². The maximum absolute atomic E-state index is 13.4. The minimum absolute atomic E-state index is 0.0685. The molecule has 1 saturated heterocycles. The van der Waals surface area contributed by atoms with Crippen molar-refractivity contribution in [3.63, 3.8) is 0 Å². The van der Waals surface area contributed by atoms with E-state index in [0.717, 1.165) is 19.3 Å². The maximum atomic E-state index is 13.4. The first kappa shape index (κ1) is 22.1. The van der Waals surface area contributed by atoms with Gasteiger partial charge in [0.1, 0.15) is 0 Å². The van der Waals surface area contributed by atoms with Crippen LogP contribution in [-0.2, 0) is 27.8 Å². The molecular weight excluding hydrogens is 400 g/mol. The molecule has 0 N–H and O–H groups in total. The molecule has 1 amide bonds. The van der Waals surface area contributed by atoms with E-state index in [0.29, 0.717) is 26.1 Å². The van der Waals surface area contributed by atoms with Gasteiger partial charge in [-0.3, -0.25) is 9.59 Å². The first-order valence-corrected chi connectivity index (χ1v) is 11.6. The number of rotatable bonds is 7. The zero-order valence-corrected chi connectivity index (χ0v) is 19.0. The van der Waals surface area contributed by atoms with Gasteiger partial charge in [-0.1, -0.05) is 48.5 Å². The van der Waals surface area contributed by atoms with E-state index < -0.39 is 0 Å². The molecule has 0 radical (unpaired) electrons. The highest BCUT2D eigenvalue weighted by Crippen LogP contribution is 2.33. The molecule has 1 aromatic heterocycles. The van der Waals surface area contributed by atoms with E-state index in [1.54, 1.807) is 0 Å². The zero-order chi connectivity index (χ0) is 22.5. The second kappa shape index (κ2) is 10.0. The third-order valence-corrected chi connectivity index (χ3v) is 6.51. The molecule has 4 rings (SSSR count). The average Bonchev–Trinajstić information content (AvgIpc) is 3.16. The highest BCUT2D eigenvalue weighted by atomic mass is 16.5. The fraction of sp³-hybridized carbons (Fsp3) is 0.407. The van der Waals surface area contributed by atoms with Crippen molar-refractivity contribution in [2.75, 3.05) is 19.7 Å². The zero-order valence-electron chi connectivity index (χ0n) is 19.0. The number of ether oxygens (including phenoxy) is 1. The van der Waals surface area contributed by atoms with Gasteiger partial charge >= 0.3 is 5.97 Å². The van der Waals surface area contributed by atoms with E-state index in [4.69, 9.17) is 4.74 Å². The van der Waals surface area contributed by atoms with E-state index >= 15 is 0 Å². The number of carbonyl (C=O) groups is 2. The first-order chi connectivity index (χ1) is 15.6. The number of esters is 1. The molecule has 5 nitrogen and oxygen atoms in total. The van der Waals surface area contributed by atoms with Crippen molar-refractivity contribution in [1.82, 2.24) is 9.47 Å². The van der Waals surface area contributed by atoms with Crippen LogP contribution in [-0.4, -0.2) is 41.0 Å². The van der Waals surface area contributed by atoms with Crippen LogP contribution in [0.5, 0.6) is 0 Å². The van der Waals surface area contributed by atoms with E-state index in [2.05, 4.69) is 48.1 Å². The summed E-state index contributed by atoms with van der Waals surface area (Å²) in [5.74, 6) is -0.204. The van der Waals surface area contributed by atoms with Crippen LogP contribution >= 0.6 is 0 Å². The number of aryl methyl sites for hydroxylation is 1. The van der Waals surface area contributed by atoms with Crippen molar-refractivity contribution in [2.45, 2.75) is 38.5 Å². The van der Waals surface area contributed by atoms with Crippen molar-refractivity contribution in [3.8, 4) is 0 Å². The number of carbonyl (C=O) groups excluding carboxylic acids is 2. The Labute approximate surface area is 190 Å². The molecule has 0 spiro atoms. The smallest absolute Gasteiger partial charge is 0.310 e. The van der Waals surface area contributed by atoms with Crippen LogP contribution in [0.25, 0.3) is 10.9 Å². The van der Waals surface area contributed by atoms with Crippen molar-refractivity contribution in [2.24, 2.45) is 13.0 Å². The van der Waals surface area contributed by atoms with E-state index in [-0.39, 0.29) is 23.7 Å². The molecule has 1 fully saturated rings. The quantitative estimate of drug-likeness (QED) is 0.509. The van der Waals surface area contributed by atoms with Crippen LogP contribution in [0, 0.1) is 5.92 Å². The molecule has 0 saturated carbocycles. The molecule has 3 aromatic rings. The highest BCUT2D eigenvalue weighted by molar-refractivity contribution is 5.86. The molecule has 0 bridgehead atoms. The Bertz CT molecular complexity index is 1070. The fourth-order valence-electron chi connectivity index (χ4n) is 4.89. The molecule has 2 heterocycles. The Morgan fingerprint density at radius 3 is 2.62 bits per heavy atom. The Kier molecular flexibility index (Phi) is 6.93. The van der Waals surface area contributed by atoms with Crippen molar-refractivity contribution < 1.29 is 14.3 Å². The molecule has 32 heavy (non-hydrogen) atoms. The topological polar surface area (TPSA) is 51.5 Å². The molecule has 5 heteroatoms. The summed E-state index contributed by atoms with van der Waals surface area (Å²) in [5.41, 5.74) is 3.61. The number of fused-ring (bicyclic) bond motifs is 1. The van der Waals surface area contributed by atoms with E-state index in [9.17, 15) is 9.59 Å². The lowest BCUT2D eigenvalue weighted by Crippen LogP contribution is -2.43. The minimum Gasteiger partial charge on any atom is -0.466 e. The van der Waals surface area contributed by atoms with Crippen molar-refractivity contribution in [1.29, 1.82) is 0 Å². The maximum Gasteiger partial charge on any atom is 0.310 e. The number of benzene rings is 2. The molecule has 0 aliphatic carbocycles. The minimum atomic E-state index is -0.210. The first-order valence-electron chi connectivity index (χ1n) is 11.6. The number of piperidine rings is 1. The number of nitrogens with zero attached hydrogens (tertiary/aromatic N) is 2. The van der Waals surface area contributed by atoms with Crippen LogP contribution in [0.2, 0.25) is 0 Å². The molecule has 2 unspecified atom stereocenters. The monoisotopic (exact) mass is 432 g/mol. The molecular formula is C27H32N2O3. The number of aromatic nitrogens is 1. The second-order valence-corrected chi connectivity index (χ2v) is 8.73. The average molecular weight is 433 g/mol. The third kappa shape index (κ3) is 4.87. The molecule has 2 atom stereocenters. The molecule has 168 valence electrons. The van der Waals surface area contributed by atoms with Gasteiger partial charge in [-0.2, -0.15) is 0 Å². The van der Waals surface area contributed by atoms with Gasteiger partial charge in [0.2, 0.25) is 5.91 Å². The number of amides is 1. The normalized spacial score (nSPS) is 17.3. The van der Waals surface area contributed by atoms with Gasteiger partial charge in [-0.05, 0) is 49.3 Å². The van der Waals surface area contributed by atoms with Crippen LogP contribution in [0.15, 0.2) is 60.8 Å². The Hall–Kier alpha value is -3.08. The van der Waals surface area contributed by atoms with Gasteiger partial charge in [0, 0.05) is 43.7 Å². The van der Waals surface area contributed by atoms with Crippen molar-refractivity contribution in [3.05, 3.63) is 71.9 Å². The van der Waals surface area contributed by atoms with Gasteiger partial charge in [-0.15, -0.1) is 0 Å². The lowest BCUT2D eigenvalue weighted by Gasteiger charge is -2.32. The summed E-state index contributed by atoms with van der Waals surface area (Å²) < 4.78 is 7.35. The predicted octanol–water partition coefficient (Wildman–Crippen LogP) is 4.70. The van der Waals surface area contributed by atoms with Gasteiger partial charge in [0.05, 0.1) is 12.5 Å². The van der Waals surface area contributed by atoms with Crippen LogP contribution in [0.1, 0.15) is 43.2 Å². The Morgan fingerprint density at radius 2 is 1.84 bits per heavy atom. The summed E-state index contributed by atoms with van der Waals surface area (Å²) >= 11 is 0. The molecule has 2 aromatic carbocycles. The number of hydrogen-bond acceptors (Lipinski definition) is 3. The van der Waals surface area contributed by atoms with Gasteiger partial charge in [0.15, 0.2) is 0 Å². The lowest BCUT2D eigenvalue weighted by atomic mass is 9.88. The summed E-state index contributed by atoms with van der Waals surface area (Å²) in [6, 6.07) is 18.7. The summed E-state index contributed by atoms with van der Waals surface area (Å²) in [5, 5.41) is 1.20. The lowest BCUT2D eigenvalue weighted by molar-refractivity contribution is -0.151. The fourth-order valence-corrected chi connectivity index (χ4v) is 4.89. The summed E-state index contributed by atoms with van der Waals surface area (Å²) in [6.07, 6.45) is 5.03. The summed E-state index contributed by atoms with van der Waals surface area (Å²) in [4.78, 5) is 27.5. The van der Waals surface area contributed by atoms with Crippen molar-refractivity contribution >= 4 is 22.8 Å².